The molecule has 0 heterocycles. The molecular weight excluding hydrogens is 376 g/mol. The van der Waals surface area contributed by atoms with Crippen LogP contribution in [0.4, 0.5) is 0 Å². The van der Waals surface area contributed by atoms with E-state index < -0.39 is 0 Å². The fourth-order valence-electron chi connectivity index (χ4n) is 1.05. The number of halogens is 3. The van der Waals surface area contributed by atoms with Crippen LogP contribution in [0.3, 0.4) is 0 Å². The average molecular weight is 385 g/mol. The third-order valence-electron chi connectivity index (χ3n) is 1.88. The molecular formula is C10H9Br3O. The van der Waals surface area contributed by atoms with E-state index in [1.54, 1.807) is 0 Å². The van der Waals surface area contributed by atoms with Gasteiger partial charge < -0.3 is 0 Å². The highest BCUT2D eigenvalue weighted by atomic mass is 79.9. The molecule has 0 aliphatic carbocycles. The molecule has 76 valence electrons. The van der Waals surface area contributed by atoms with Crippen LogP contribution in [0.1, 0.15) is 22.8 Å². The summed E-state index contributed by atoms with van der Waals surface area (Å²) in [5.74, 6) is 0.0811. The second-order valence-corrected chi connectivity index (χ2v) is 6.14. The Morgan fingerprint density at radius 2 is 1.86 bits per heavy atom. The summed E-state index contributed by atoms with van der Waals surface area (Å²) in [5.41, 5.74) is 1.81. The van der Waals surface area contributed by atoms with Gasteiger partial charge in [-0.3, -0.25) is 4.79 Å². The summed E-state index contributed by atoms with van der Waals surface area (Å²) in [5, 5.41) is 0. The minimum Gasteiger partial charge on any atom is -0.293 e. The summed E-state index contributed by atoms with van der Waals surface area (Å²) < 4.78 is 1.80. The molecule has 0 amide bonds. The zero-order valence-electron chi connectivity index (χ0n) is 7.77. The van der Waals surface area contributed by atoms with Crippen molar-refractivity contribution in [3.63, 3.8) is 0 Å². The van der Waals surface area contributed by atoms with Crippen molar-refractivity contribution in [1.29, 1.82) is 0 Å². The summed E-state index contributed by atoms with van der Waals surface area (Å²) in [6, 6.07) is 3.78. The molecule has 0 radical (unpaired) electrons. The number of rotatable bonds is 2. The van der Waals surface area contributed by atoms with Crippen LogP contribution in [0.15, 0.2) is 21.1 Å². The predicted molar refractivity (Wildman–Crippen MR) is 69.3 cm³/mol. The first-order chi connectivity index (χ1) is 6.43. The van der Waals surface area contributed by atoms with E-state index in [-0.39, 0.29) is 10.6 Å². The summed E-state index contributed by atoms with van der Waals surface area (Å²) in [6.45, 7) is 3.81. The molecule has 1 nitrogen and oxygen atoms in total. The molecule has 1 atom stereocenters. The minimum absolute atomic E-state index is 0.0811. The average Bonchev–Trinajstić information content (AvgIpc) is 2.10. The lowest BCUT2D eigenvalue weighted by Crippen LogP contribution is -2.10. The fraction of sp³-hybridized carbons (Fsp3) is 0.300. The smallest absolute Gasteiger partial charge is 0.177 e. The Morgan fingerprint density at radius 1 is 1.29 bits per heavy atom. The maximum absolute atomic E-state index is 11.7. The van der Waals surface area contributed by atoms with E-state index in [0.29, 0.717) is 5.56 Å². The Hall–Kier alpha value is 0.330. The Balaban J connectivity index is 3.22. The van der Waals surface area contributed by atoms with Crippen LogP contribution in [0.5, 0.6) is 0 Å². The maximum atomic E-state index is 11.7. The van der Waals surface area contributed by atoms with E-state index >= 15 is 0 Å². The highest BCUT2D eigenvalue weighted by molar-refractivity contribution is 9.11. The van der Waals surface area contributed by atoms with Gasteiger partial charge in [0.2, 0.25) is 0 Å². The third kappa shape index (κ3) is 2.67. The zero-order valence-corrected chi connectivity index (χ0v) is 12.5. The molecule has 1 aromatic carbocycles. The number of carbonyl (C=O) groups excluding carboxylic acids is 1. The van der Waals surface area contributed by atoms with Gasteiger partial charge in [0.25, 0.3) is 0 Å². The van der Waals surface area contributed by atoms with Crippen LogP contribution in [0.2, 0.25) is 0 Å². The molecule has 1 unspecified atom stereocenters. The number of hydrogen-bond donors (Lipinski definition) is 0. The number of Topliss-reactive ketones (excluding diaryl/α,β-unsaturated/α-hetero) is 1. The normalized spacial score (nSPS) is 12.6. The van der Waals surface area contributed by atoms with Crippen molar-refractivity contribution in [2.24, 2.45) is 0 Å². The summed E-state index contributed by atoms with van der Waals surface area (Å²) in [7, 11) is 0. The van der Waals surface area contributed by atoms with Crippen LogP contribution in [-0.2, 0) is 0 Å². The van der Waals surface area contributed by atoms with Crippen molar-refractivity contribution < 1.29 is 4.79 Å². The van der Waals surface area contributed by atoms with E-state index in [1.165, 1.54) is 0 Å². The maximum Gasteiger partial charge on any atom is 0.177 e. The van der Waals surface area contributed by atoms with E-state index in [1.807, 2.05) is 26.0 Å². The summed E-state index contributed by atoms with van der Waals surface area (Å²) >= 11 is 10.1. The molecule has 1 aromatic rings. The first-order valence-electron chi connectivity index (χ1n) is 4.07. The number of hydrogen-bond acceptors (Lipinski definition) is 1. The first kappa shape index (κ1) is 12.4. The number of alkyl halides is 1. The second-order valence-electron chi connectivity index (χ2n) is 3.06. The highest BCUT2D eigenvalue weighted by Crippen LogP contribution is 2.27. The van der Waals surface area contributed by atoms with Gasteiger partial charge in [-0.25, -0.2) is 0 Å². The van der Waals surface area contributed by atoms with Gasteiger partial charge >= 0.3 is 0 Å². The van der Waals surface area contributed by atoms with Crippen LogP contribution in [0, 0.1) is 6.92 Å². The molecule has 0 spiro atoms. The van der Waals surface area contributed by atoms with Crippen molar-refractivity contribution in [2.75, 3.05) is 0 Å². The van der Waals surface area contributed by atoms with Gasteiger partial charge in [-0.2, -0.15) is 0 Å². The summed E-state index contributed by atoms with van der Waals surface area (Å²) in [4.78, 5) is 11.6. The predicted octanol–water partition coefficient (Wildman–Crippen LogP) is 4.49. The van der Waals surface area contributed by atoms with Crippen molar-refractivity contribution in [2.45, 2.75) is 18.7 Å². The summed E-state index contributed by atoms with van der Waals surface area (Å²) in [6.07, 6.45) is 0. The van der Waals surface area contributed by atoms with Gasteiger partial charge in [-0.15, -0.1) is 0 Å². The molecule has 0 aliphatic rings. The van der Waals surface area contributed by atoms with Gasteiger partial charge in [0.05, 0.1) is 4.83 Å². The fourth-order valence-corrected chi connectivity index (χ4v) is 2.29. The Bertz CT molecular complexity index is 372. The molecule has 0 fully saturated rings. The van der Waals surface area contributed by atoms with Crippen molar-refractivity contribution in [3.8, 4) is 0 Å². The number of aryl methyl sites for hydroxylation is 1. The largest absolute Gasteiger partial charge is 0.293 e. The van der Waals surface area contributed by atoms with Crippen molar-refractivity contribution in [1.82, 2.24) is 0 Å². The van der Waals surface area contributed by atoms with Gasteiger partial charge in [0.1, 0.15) is 0 Å². The third-order valence-corrected chi connectivity index (χ3v) is 3.80. The molecule has 0 saturated carbocycles. The second kappa shape index (κ2) is 4.90. The quantitative estimate of drug-likeness (QED) is 0.542. The molecule has 1 rings (SSSR count). The van der Waals surface area contributed by atoms with Crippen LogP contribution < -0.4 is 0 Å². The van der Waals surface area contributed by atoms with Crippen molar-refractivity contribution >= 4 is 53.6 Å². The molecule has 0 N–H and O–H groups in total. The van der Waals surface area contributed by atoms with E-state index in [9.17, 15) is 4.79 Å². The Kier molecular flexibility index (Phi) is 4.34. The van der Waals surface area contributed by atoms with Gasteiger partial charge in [-0.05, 0) is 31.5 Å². The Labute approximate surface area is 109 Å². The lowest BCUT2D eigenvalue weighted by atomic mass is 10.1. The standard InChI is InChI=1S/C10H9Br3O/c1-5-3-9(13)7(4-8(5)12)10(14)6(2)11/h3-4,6H,1-2H3. The van der Waals surface area contributed by atoms with E-state index in [2.05, 4.69) is 47.8 Å². The lowest BCUT2D eigenvalue weighted by Gasteiger charge is -2.08. The van der Waals surface area contributed by atoms with E-state index in [4.69, 9.17) is 0 Å². The molecule has 14 heavy (non-hydrogen) atoms. The molecule has 0 aromatic heterocycles. The molecule has 4 heteroatoms. The van der Waals surface area contributed by atoms with Gasteiger partial charge in [-0.1, -0.05) is 47.8 Å². The van der Waals surface area contributed by atoms with Gasteiger partial charge in [0.15, 0.2) is 5.78 Å². The monoisotopic (exact) mass is 382 g/mol. The number of benzene rings is 1. The van der Waals surface area contributed by atoms with Gasteiger partial charge in [0, 0.05) is 14.5 Å². The first-order valence-corrected chi connectivity index (χ1v) is 6.57. The Morgan fingerprint density at radius 3 is 2.36 bits per heavy atom. The topological polar surface area (TPSA) is 17.1 Å². The number of ketones is 1. The minimum atomic E-state index is -0.159. The molecule has 0 aliphatic heterocycles. The highest BCUT2D eigenvalue weighted by Gasteiger charge is 2.16. The molecule has 0 bridgehead atoms. The van der Waals surface area contributed by atoms with Crippen LogP contribution >= 0.6 is 47.8 Å². The van der Waals surface area contributed by atoms with Crippen molar-refractivity contribution in [3.05, 3.63) is 32.2 Å². The van der Waals surface area contributed by atoms with E-state index in [0.717, 1.165) is 14.5 Å². The SMILES string of the molecule is Cc1cc(Br)c(C(=O)C(C)Br)cc1Br. The lowest BCUT2D eigenvalue weighted by molar-refractivity contribution is 0.0995. The number of carbonyl (C=O) groups is 1. The van der Waals surface area contributed by atoms with Crippen LogP contribution in [-0.4, -0.2) is 10.6 Å². The molecule has 0 saturated heterocycles. The van der Waals surface area contributed by atoms with Crippen LogP contribution in [0.25, 0.3) is 0 Å². The zero-order chi connectivity index (χ0) is 10.9.